The fourth-order valence-corrected chi connectivity index (χ4v) is 5.41. The van der Waals surface area contributed by atoms with Crippen molar-refractivity contribution in [2.24, 2.45) is 0 Å². The van der Waals surface area contributed by atoms with E-state index in [2.05, 4.69) is 90.0 Å². The van der Waals surface area contributed by atoms with Gasteiger partial charge in [-0.1, -0.05) is 60.7 Å². The summed E-state index contributed by atoms with van der Waals surface area (Å²) in [5.41, 5.74) is 8.89. The van der Waals surface area contributed by atoms with Crippen LogP contribution in [0.25, 0.3) is 54.8 Å². The van der Waals surface area contributed by atoms with Crippen molar-refractivity contribution in [2.45, 2.75) is 12.8 Å². The summed E-state index contributed by atoms with van der Waals surface area (Å²) in [6, 6.07) is 28.4. The summed E-state index contributed by atoms with van der Waals surface area (Å²) in [5, 5.41) is 6.42. The Hall–Kier alpha value is -3.91. The molecule has 0 saturated heterocycles. The van der Waals surface area contributed by atoms with Crippen LogP contribution in [0.3, 0.4) is 0 Å². The van der Waals surface area contributed by atoms with Gasteiger partial charge in [-0.3, -0.25) is 4.98 Å². The number of hydrogen-bond donors (Lipinski definition) is 1. The third kappa shape index (κ3) is 2.36. The maximum absolute atomic E-state index is 4.95. The highest BCUT2D eigenvalue weighted by atomic mass is 14.7. The molecule has 0 aliphatic heterocycles. The second kappa shape index (κ2) is 6.29. The largest absolute Gasteiger partial charge is 0.361 e. The molecule has 2 heterocycles. The zero-order valence-electron chi connectivity index (χ0n) is 17.0. The van der Waals surface area contributed by atoms with Crippen molar-refractivity contribution in [2.75, 3.05) is 0 Å². The molecule has 2 aromatic heterocycles. The van der Waals surface area contributed by atoms with Gasteiger partial charge in [-0.05, 0) is 63.9 Å². The average molecular weight is 396 g/mol. The van der Waals surface area contributed by atoms with Gasteiger partial charge in [0.15, 0.2) is 0 Å². The van der Waals surface area contributed by atoms with E-state index in [0.717, 1.165) is 18.5 Å². The van der Waals surface area contributed by atoms with E-state index in [1.165, 1.54) is 60.3 Å². The molecule has 1 N–H and O–H groups in total. The fourth-order valence-electron chi connectivity index (χ4n) is 5.41. The molecule has 6 aromatic rings. The monoisotopic (exact) mass is 396 g/mol. The van der Waals surface area contributed by atoms with Gasteiger partial charge in [-0.15, -0.1) is 0 Å². The molecule has 0 fully saturated rings. The van der Waals surface area contributed by atoms with Crippen molar-refractivity contribution >= 4 is 32.4 Å². The molecule has 0 radical (unpaired) electrons. The van der Waals surface area contributed by atoms with Gasteiger partial charge >= 0.3 is 0 Å². The number of benzene rings is 4. The van der Waals surface area contributed by atoms with Gasteiger partial charge in [-0.2, -0.15) is 0 Å². The van der Waals surface area contributed by atoms with Gasteiger partial charge < -0.3 is 4.98 Å². The van der Waals surface area contributed by atoms with Gasteiger partial charge in [-0.25, -0.2) is 0 Å². The quantitative estimate of drug-likeness (QED) is 0.327. The van der Waals surface area contributed by atoms with Crippen LogP contribution in [0.1, 0.15) is 11.1 Å². The molecule has 1 aliphatic carbocycles. The van der Waals surface area contributed by atoms with Crippen LogP contribution in [0, 0.1) is 0 Å². The molecule has 0 atom stereocenters. The van der Waals surface area contributed by atoms with Crippen LogP contribution in [0.2, 0.25) is 0 Å². The van der Waals surface area contributed by atoms with Crippen molar-refractivity contribution < 1.29 is 0 Å². The van der Waals surface area contributed by atoms with Crippen LogP contribution in [-0.2, 0) is 12.8 Å². The molecule has 0 bridgehead atoms. The van der Waals surface area contributed by atoms with E-state index in [0.29, 0.717) is 0 Å². The van der Waals surface area contributed by atoms with Gasteiger partial charge in [0, 0.05) is 39.8 Å². The van der Waals surface area contributed by atoms with E-state index in [4.69, 9.17) is 4.98 Å². The molecule has 0 saturated carbocycles. The third-order valence-corrected chi connectivity index (χ3v) is 6.78. The first kappa shape index (κ1) is 16.8. The standard InChI is InChI=1S/C29H20N2/c1-2-8-21-18(6-1)14-15-30-29(21)28-23-10-5-7-19-12-13-20(27(19)23)16-24(28)25-17-31-26-11-4-3-9-22(25)26/h1-11,14-17,31H,12-13H2. The van der Waals surface area contributed by atoms with E-state index in [1.807, 2.05) is 6.20 Å². The highest BCUT2D eigenvalue weighted by Gasteiger charge is 2.23. The van der Waals surface area contributed by atoms with Gasteiger partial charge in [0.25, 0.3) is 0 Å². The summed E-state index contributed by atoms with van der Waals surface area (Å²) in [5.74, 6) is 0. The Morgan fingerprint density at radius 1 is 0.677 bits per heavy atom. The van der Waals surface area contributed by atoms with Crippen molar-refractivity contribution in [1.29, 1.82) is 0 Å². The SMILES string of the molecule is c1ccc2c(-c3c(-c4c[nH]c5ccccc45)cc4c5c(cccc35)CC4)nccc2c1. The molecule has 1 aliphatic rings. The molecule has 7 rings (SSSR count). The Morgan fingerprint density at radius 3 is 2.45 bits per heavy atom. The fraction of sp³-hybridized carbons (Fsp3) is 0.0690. The Morgan fingerprint density at radius 2 is 1.48 bits per heavy atom. The topological polar surface area (TPSA) is 28.7 Å². The Balaban J connectivity index is 1.68. The average Bonchev–Trinajstić information content (AvgIpc) is 3.44. The lowest BCUT2D eigenvalue weighted by molar-refractivity contribution is 1.02. The number of aryl methyl sites for hydroxylation is 2. The van der Waals surface area contributed by atoms with E-state index in [1.54, 1.807) is 0 Å². The second-order valence-electron chi connectivity index (χ2n) is 8.43. The Kier molecular flexibility index (Phi) is 3.42. The van der Waals surface area contributed by atoms with E-state index < -0.39 is 0 Å². The summed E-state index contributed by atoms with van der Waals surface area (Å²) in [6.07, 6.45) is 6.33. The molecule has 4 aromatic carbocycles. The summed E-state index contributed by atoms with van der Waals surface area (Å²) >= 11 is 0. The maximum Gasteiger partial charge on any atom is 0.0792 e. The lowest BCUT2D eigenvalue weighted by Crippen LogP contribution is -1.94. The summed E-state index contributed by atoms with van der Waals surface area (Å²) in [6.45, 7) is 0. The first-order valence-electron chi connectivity index (χ1n) is 10.9. The predicted octanol–water partition coefficient (Wildman–Crippen LogP) is 7.30. The van der Waals surface area contributed by atoms with E-state index >= 15 is 0 Å². The van der Waals surface area contributed by atoms with Crippen LogP contribution in [-0.4, -0.2) is 9.97 Å². The minimum absolute atomic E-state index is 1.06. The van der Waals surface area contributed by atoms with Crippen molar-refractivity contribution in [3.8, 4) is 22.4 Å². The summed E-state index contributed by atoms with van der Waals surface area (Å²) in [7, 11) is 0. The van der Waals surface area contributed by atoms with E-state index in [-0.39, 0.29) is 0 Å². The normalized spacial score (nSPS) is 12.9. The van der Waals surface area contributed by atoms with Crippen LogP contribution in [0.15, 0.2) is 91.3 Å². The predicted molar refractivity (Wildman–Crippen MR) is 129 cm³/mol. The number of hydrogen-bond acceptors (Lipinski definition) is 1. The summed E-state index contributed by atoms with van der Waals surface area (Å²) in [4.78, 5) is 8.43. The molecule has 0 unspecified atom stereocenters. The molecule has 0 amide bonds. The van der Waals surface area contributed by atoms with Crippen LogP contribution in [0.4, 0.5) is 0 Å². The van der Waals surface area contributed by atoms with Crippen LogP contribution < -0.4 is 0 Å². The second-order valence-corrected chi connectivity index (χ2v) is 8.43. The minimum Gasteiger partial charge on any atom is -0.361 e. The Bertz CT molecular complexity index is 1630. The lowest BCUT2D eigenvalue weighted by atomic mass is 9.88. The number of pyridine rings is 1. The number of rotatable bonds is 2. The van der Waals surface area contributed by atoms with Gasteiger partial charge in [0.1, 0.15) is 0 Å². The highest BCUT2D eigenvalue weighted by molar-refractivity contribution is 6.13. The highest BCUT2D eigenvalue weighted by Crippen LogP contribution is 2.45. The number of nitrogens with zero attached hydrogens (tertiary/aromatic N) is 1. The maximum atomic E-state index is 4.95. The molecular formula is C29H20N2. The molecular weight excluding hydrogens is 376 g/mol. The van der Waals surface area contributed by atoms with Crippen LogP contribution >= 0.6 is 0 Å². The first-order valence-corrected chi connectivity index (χ1v) is 10.9. The molecule has 0 spiro atoms. The third-order valence-electron chi connectivity index (χ3n) is 6.78. The summed E-state index contributed by atoms with van der Waals surface area (Å²) < 4.78 is 0. The molecule has 2 nitrogen and oxygen atoms in total. The lowest BCUT2D eigenvalue weighted by Gasteiger charge is -2.16. The molecule has 31 heavy (non-hydrogen) atoms. The van der Waals surface area contributed by atoms with Crippen molar-refractivity contribution in [3.05, 3.63) is 102 Å². The number of aromatic nitrogens is 2. The van der Waals surface area contributed by atoms with Crippen LogP contribution in [0.5, 0.6) is 0 Å². The number of fused-ring (bicyclic) bond motifs is 2. The smallest absolute Gasteiger partial charge is 0.0792 e. The number of nitrogens with one attached hydrogen (secondary N) is 1. The number of H-pyrrole nitrogens is 1. The zero-order valence-corrected chi connectivity index (χ0v) is 17.0. The molecule has 146 valence electrons. The van der Waals surface area contributed by atoms with Crippen molar-refractivity contribution in [1.82, 2.24) is 9.97 Å². The van der Waals surface area contributed by atoms with Crippen molar-refractivity contribution in [3.63, 3.8) is 0 Å². The first-order chi connectivity index (χ1) is 15.4. The number of aromatic amines is 1. The van der Waals surface area contributed by atoms with E-state index in [9.17, 15) is 0 Å². The number of para-hydroxylation sites is 1. The minimum atomic E-state index is 1.06. The molecule has 2 heteroatoms. The Labute approximate surface area is 180 Å². The zero-order chi connectivity index (χ0) is 20.4. The van der Waals surface area contributed by atoms with Gasteiger partial charge in [0.2, 0.25) is 0 Å². The van der Waals surface area contributed by atoms with Gasteiger partial charge in [0.05, 0.1) is 5.69 Å².